The SMILES string of the molecule is COc1cccc2c1oc1c(-c3ccccc3)nc(N3c4ccccc4C4C3c3ccccc3C4(C)C)nc12. The summed E-state index contributed by atoms with van der Waals surface area (Å²) in [4.78, 5) is 12.9. The van der Waals surface area contributed by atoms with Gasteiger partial charge in [0.2, 0.25) is 5.95 Å². The second-order valence-electron chi connectivity index (χ2n) is 11.0. The molecule has 0 N–H and O–H groups in total. The third-order valence-electron chi connectivity index (χ3n) is 8.65. The van der Waals surface area contributed by atoms with Crippen LogP contribution in [0.2, 0.25) is 0 Å². The molecule has 2 atom stereocenters. The van der Waals surface area contributed by atoms with E-state index in [4.69, 9.17) is 19.1 Å². The number of hydrogen-bond donors (Lipinski definition) is 0. The van der Waals surface area contributed by atoms with Gasteiger partial charge in [0, 0.05) is 17.2 Å². The van der Waals surface area contributed by atoms with E-state index in [9.17, 15) is 0 Å². The van der Waals surface area contributed by atoms with Crippen LogP contribution in [0.25, 0.3) is 33.3 Å². The Morgan fingerprint density at radius 1 is 0.769 bits per heavy atom. The number of rotatable bonds is 3. The van der Waals surface area contributed by atoms with Gasteiger partial charge in [0.25, 0.3) is 0 Å². The Labute approximate surface area is 226 Å². The van der Waals surface area contributed by atoms with Crippen LogP contribution in [0.15, 0.2) is 101 Å². The Morgan fingerprint density at radius 2 is 1.51 bits per heavy atom. The second-order valence-corrected chi connectivity index (χ2v) is 11.0. The molecule has 2 unspecified atom stereocenters. The Kier molecular flexibility index (Phi) is 4.55. The summed E-state index contributed by atoms with van der Waals surface area (Å²) in [5, 5.41) is 0.918. The van der Waals surface area contributed by atoms with Gasteiger partial charge in [0.05, 0.1) is 18.5 Å². The van der Waals surface area contributed by atoms with Gasteiger partial charge in [0.15, 0.2) is 16.9 Å². The maximum absolute atomic E-state index is 6.45. The topological polar surface area (TPSA) is 51.4 Å². The first-order valence-corrected chi connectivity index (χ1v) is 13.4. The zero-order valence-electron chi connectivity index (χ0n) is 22.1. The number of nitrogens with zero attached hydrogens (tertiary/aromatic N) is 3. The highest BCUT2D eigenvalue weighted by Crippen LogP contribution is 2.64. The fraction of sp³-hybridized carbons (Fsp3) is 0.176. The van der Waals surface area contributed by atoms with Crippen LogP contribution < -0.4 is 9.64 Å². The molecule has 1 aliphatic heterocycles. The summed E-state index contributed by atoms with van der Waals surface area (Å²) in [6.45, 7) is 4.73. The number of para-hydroxylation sites is 2. The summed E-state index contributed by atoms with van der Waals surface area (Å²) < 4.78 is 12.1. The van der Waals surface area contributed by atoms with Gasteiger partial charge in [0.1, 0.15) is 11.2 Å². The second kappa shape index (κ2) is 7.93. The van der Waals surface area contributed by atoms with Crippen molar-refractivity contribution in [2.45, 2.75) is 31.2 Å². The van der Waals surface area contributed by atoms with E-state index in [-0.39, 0.29) is 17.4 Å². The molecule has 0 amide bonds. The fourth-order valence-electron chi connectivity index (χ4n) is 6.97. The van der Waals surface area contributed by atoms with Crippen LogP contribution in [0.4, 0.5) is 11.6 Å². The number of aromatic nitrogens is 2. The molecule has 2 aliphatic rings. The molecule has 6 aromatic rings. The highest BCUT2D eigenvalue weighted by atomic mass is 16.5. The van der Waals surface area contributed by atoms with Crippen molar-refractivity contribution < 1.29 is 9.15 Å². The molecule has 0 saturated heterocycles. The summed E-state index contributed by atoms with van der Waals surface area (Å²) >= 11 is 0. The van der Waals surface area contributed by atoms with Crippen LogP contribution in [0.5, 0.6) is 5.75 Å². The first-order chi connectivity index (χ1) is 19.1. The summed E-state index contributed by atoms with van der Waals surface area (Å²) in [5.41, 5.74) is 9.11. The van der Waals surface area contributed by atoms with Crippen LogP contribution in [-0.4, -0.2) is 17.1 Å². The van der Waals surface area contributed by atoms with Gasteiger partial charge in [-0.2, -0.15) is 0 Å². The van der Waals surface area contributed by atoms with Crippen molar-refractivity contribution in [1.29, 1.82) is 0 Å². The molecular weight excluding hydrogens is 482 g/mol. The normalized spacial score (nSPS) is 18.8. The van der Waals surface area contributed by atoms with Gasteiger partial charge in [-0.05, 0) is 40.3 Å². The third-order valence-corrected chi connectivity index (χ3v) is 8.65. The number of benzene rings is 4. The molecule has 39 heavy (non-hydrogen) atoms. The molecule has 4 aromatic carbocycles. The molecule has 3 heterocycles. The van der Waals surface area contributed by atoms with Gasteiger partial charge in [-0.15, -0.1) is 0 Å². The van der Waals surface area contributed by atoms with E-state index in [0.717, 1.165) is 22.2 Å². The summed E-state index contributed by atoms with van der Waals surface area (Å²) in [7, 11) is 1.66. The lowest BCUT2D eigenvalue weighted by atomic mass is 9.75. The van der Waals surface area contributed by atoms with Crippen molar-refractivity contribution in [2.75, 3.05) is 12.0 Å². The predicted octanol–water partition coefficient (Wildman–Crippen LogP) is 8.32. The zero-order chi connectivity index (χ0) is 26.3. The number of fused-ring (bicyclic) bond motifs is 8. The van der Waals surface area contributed by atoms with Crippen LogP contribution >= 0.6 is 0 Å². The Balaban J connectivity index is 1.45. The van der Waals surface area contributed by atoms with Gasteiger partial charge in [-0.1, -0.05) is 92.7 Å². The average molecular weight is 510 g/mol. The molecule has 0 radical (unpaired) electrons. The van der Waals surface area contributed by atoms with Gasteiger partial charge < -0.3 is 14.1 Å². The number of furan rings is 1. The quantitative estimate of drug-likeness (QED) is 0.240. The number of anilines is 2. The van der Waals surface area contributed by atoms with Crippen molar-refractivity contribution in [3.63, 3.8) is 0 Å². The molecule has 5 heteroatoms. The lowest BCUT2D eigenvalue weighted by molar-refractivity contribution is 0.412. The Hall–Kier alpha value is -4.64. The van der Waals surface area contributed by atoms with Crippen molar-refractivity contribution in [3.05, 3.63) is 114 Å². The van der Waals surface area contributed by atoms with E-state index in [1.54, 1.807) is 7.11 Å². The maximum atomic E-state index is 6.45. The third kappa shape index (κ3) is 2.96. The minimum atomic E-state index is -0.0336. The average Bonchev–Trinajstić information content (AvgIpc) is 3.60. The van der Waals surface area contributed by atoms with Gasteiger partial charge >= 0.3 is 0 Å². The lowest BCUT2D eigenvalue weighted by Crippen LogP contribution is -2.26. The lowest BCUT2D eigenvalue weighted by Gasteiger charge is -2.29. The Morgan fingerprint density at radius 3 is 2.33 bits per heavy atom. The number of ether oxygens (including phenoxy) is 1. The van der Waals surface area contributed by atoms with Crippen molar-refractivity contribution in [3.8, 4) is 17.0 Å². The van der Waals surface area contributed by atoms with E-state index in [1.165, 1.54) is 22.4 Å². The highest BCUT2D eigenvalue weighted by molar-refractivity contribution is 6.08. The molecule has 2 aromatic heterocycles. The summed E-state index contributed by atoms with van der Waals surface area (Å²) in [5.74, 6) is 1.65. The number of hydrogen-bond acceptors (Lipinski definition) is 5. The minimum Gasteiger partial charge on any atom is -0.493 e. The molecule has 0 fully saturated rings. The van der Waals surface area contributed by atoms with Gasteiger partial charge in [-0.25, -0.2) is 9.97 Å². The van der Waals surface area contributed by atoms with E-state index in [2.05, 4.69) is 79.4 Å². The molecule has 190 valence electrons. The first kappa shape index (κ1) is 22.4. The standard InChI is InChI=1S/C34H27N3O2/c1-34(2)24-17-9-7-14-21(24)30-27(34)22-15-8-10-18-25(22)37(30)33-35-28(20-12-5-4-6-13-20)32-29(36-33)23-16-11-19-26(38-3)31(23)39-32/h4-19,27,30H,1-3H3. The van der Waals surface area contributed by atoms with Crippen molar-refractivity contribution in [1.82, 2.24) is 9.97 Å². The zero-order valence-corrected chi connectivity index (χ0v) is 22.1. The van der Waals surface area contributed by atoms with E-state index in [0.29, 0.717) is 22.9 Å². The predicted molar refractivity (Wildman–Crippen MR) is 155 cm³/mol. The fourth-order valence-corrected chi connectivity index (χ4v) is 6.97. The highest BCUT2D eigenvalue weighted by Gasteiger charge is 2.55. The number of methoxy groups -OCH3 is 1. The first-order valence-electron chi connectivity index (χ1n) is 13.4. The monoisotopic (exact) mass is 509 g/mol. The molecular formula is C34H27N3O2. The minimum absolute atomic E-state index is 0.0336. The summed E-state index contributed by atoms with van der Waals surface area (Å²) in [6.07, 6.45) is 0. The van der Waals surface area contributed by atoms with Crippen molar-refractivity contribution in [2.24, 2.45) is 0 Å². The summed E-state index contributed by atoms with van der Waals surface area (Å²) in [6, 6.07) is 33.9. The van der Waals surface area contributed by atoms with Crippen LogP contribution in [0.1, 0.15) is 42.5 Å². The van der Waals surface area contributed by atoms with Crippen molar-refractivity contribution >= 4 is 33.7 Å². The van der Waals surface area contributed by atoms with E-state index < -0.39 is 0 Å². The van der Waals surface area contributed by atoms with E-state index in [1.807, 2.05) is 36.4 Å². The maximum Gasteiger partial charge on any atom is 0.231 e. The largest absolute Gasteiger partial charge is 0.493 e. The van der Waals surface area contributed by atoms with E-state index >= 15 is 0 Å². The Bertz CT molecular complexity index is 1910. The molecule has 0 bridgehead atoms. The van der Waals surface area contributed by atoms with Crippen LogP contribution in [0.3, 0.4) is 0 Å². The molecule has 0 spiro atoms. The molecule has 8 rings (SSSR count). The molecule has 0 saturated carbocycles. The van der Waals surface area contributed by atoms with Crippen LogP contribution in [-0.2, 0) is 5.41 Å². The smallest absolute Gasteiger partial charge is 0.231 e. The van der Waals surface area contributed by atoms with Gasteiger partial charge in [-0.3, -0.25) is 0 Å². The molecule has 5 nitrogen and oxygen atoms in total. The molecule has 1 aliphatic carbocycles. The van der Waals surface area contributed by atoms with Crippen LogP contribution in [0, 0.1) is 0 Å².